The van der Waals surface area contributed by atoms with Gasteiger partial charge in [-0.2, -0.15) is 0 Å². The molecule has 3 heteroatoms. The number of hydrogen-bond acceptors (Lipinski definition) is 3. The first-order chi connectivity index (χ1) is 7.77. The third kappa shape index (κ3) is 2.68. The number of thiophene rings is 1. The van der Waals surface area contributed by atoms with Crippen molar-refractivity contribution in [1.29, 1.82) is 0 Å². The standard InChI is InChI=1S/C13H16N2S/c1-10(12-6-3-4-8-14-12)15-11(2)13-7-5-9-16-13/h3-11,15H,1-2H3. The molecule has 0 spiro atoms. The molecule has 2 atom stereocenters. The van der Waals surface area contributed by atoms with Crippen LogP contribution in [0.5, 0.6) is 0 Å². The minimum Gasteiger partial charge on any atom is -0.301 e. The maximum Gasteiger partial charge on any atom is 0.0570 e. The predicted molar refractivity (Wildman–Crippen MR) is 68.5 cm³/mol. The highest BCUT2D eigenvalue weighted by Crippen LogP contribution is 2.21. The number of rotatable bonds is 4. The Morgan fingerprint density at radius 2 is 2.00 bits per heavy atom. The minimum absolute atomic E-state index is 0.276. The van der Waals surface area contributed by atoms with Gasteiger partial charge in [-0.3, -0.25) is 4.98 Å². The molecule has 0 amide bonds. The fourth-order valence-electron chi connectivity index (χ4n) is 1.71. The zero-order chi connectivity index (χ0) is 11.4. The monoisotopic (exact) mass is 232 g/mol. The Bertz CT molecular complexity index is 411. The summed E-state index contributed by atoms with van der Waals surface area (Å²) >= 11 is 1.79. The number of hydrogen-bond donors (Lipinski definition) is 1. The normalized spacial score (nSPS) is 14.6. The molecule has 0 fully saturated rings. The molecule has 0 bridgehead atoms. The first-order valence-corrected chi connectivity index (χ1v) is 6.35. The van der Waals surface area contributed by atoms with E-state index in [1.165, 1.54) is 4.88 Å². The van der Waals surface area contributed by atoms with Crippen LogP contribution in [-0.2, 0) is 0 Å². The van der Waals surface area contributed by atoms with Gasteiger partial charge in [0.15, 0.2) is 0 Å². The average molecular weight is 232 g/mol. The van der Waals surface area contributed by atoms with Crippen molar-refractivity contribution in [3.05, 3.63) is 52.5 Å². The molecule has 2 nitrogen and oxygen atoms in total. The van der Waals surface area contributed by atoms with Crippen LogP contribution in [0.4, 0.5) is 0 Å². The molecule has 2 unspecified atom stereocenters. The van der Waals surface area contributed by atoms with Gasteiger partial charge in [0, 0.05) is 23.2 Å². The molecule has 16 heavy (non-hydrogen) atoms. The number of pyridine rings is 1. The van der Waals surface area contributed by atoms with Crippen molar-refractivity contribution in [1.82, 2.24) is 10.3 Å². The van der Waals surface area contributed by atoms with Crippen molar-refractivity contribution >= 4 is 11.3 Å². The number of aromatic nitrogens is 1. The Morgan fingerprint density at radius 3 is 2.62 bits per heavy atom. The smallest absolute Gasteiger partial charge is 0.0570 e. The van der Waals surface area contributed by atoms with Crippen LogP contribution in [-0.4, -0.2) is 4.98 Å². The fraction of sp³-hybridized carbons (Fsp3) is 0.308. The third-order valence-corrected chi connectivity index (χ3v) is 3.66. The second kappa shape index (κ2) is 5.23. The summed E-state index contributed by atoms with van der Waals surface area (Å²) in [5, 5.41) is 5.66. The number of nitrogens with one attached hydrogen (secondary N) is 1. The van der Waals surface area contributed by atoms with E-state index in [2.05, 4.69) is 47.7 Å². The maximum atomic E-state index is 4.35. The summed E-state index contributed by atoms with van der Waals surface area (Å²) in [6, 6.07) is 10.9. The van der Waals surface area contributed by atoms with Crippen molar-refractivity contribution in [3.63, 3.8) is 0 Å². The maximum absolute atomic E-state index is 4.35. The Morgan fingerprint density at radius 1 is 1.12 bits per heavy atom. The van der Waals surface area contributed by atoms with E-state index in [4.69, 9.17) is 0 Å². The highest BCUT2D eigenvalue weighted by Gasteiger charge is 2.11. The molecule has 0 aliphatic carbocycles. The molecule has 2 aromatic heterocycles. The zero-order valence-electron chi connectivity index (χ0n) is 9.55. The Balaban J connectivity index is 2.00. The summed E-state index contributed by atoms with van der Waals surface area (Å²) in [6.07, 6.45) is 1.84. The molecule has 0 radical (unpaired) electrons. The van der Waals surface area contributed by atoms with Gasteiger partial charge < -0.3 is 5.32 Å². The molecule has 1 N–H and O–H groups in total. The van der Waals surface area contributed by atoms with Gasteiger partial charge in [0.1, 0.15) is 0 Å². The minimum atomic E-state index is 0.276. The van der Waals surface area contributed by atoms with Crippen molar-refractivity contribution in [2.75, 3.05) is 0 Å². The predicted octanol–water partition coefficient (Wildman–Crippen LogP) is 3.55. The molecule has 2 rings (SSSR count). The highest BCUT2D eigenvalue weighted by atomic mass is 32.1. The van der Waals surface area contributed by atoms with Gasteiger partial charge in [-0.15, -0.1) is 11.3 Å². The van der Waals surface area contributed by atoms with Gasteiger partial charge in [0.25, 0.3) is 0 Å². The summed E-state index contributed by atoms with van der Waals surface area (Å²) < 4.78 is 0. The van der Waals surface area contributed by atoms with Crippen molar-refractivity contribution in [2.24, 2.45) is 0 Å². The average Bonchev–Trinajstić information content (AvgIpc) is 2.83. The van der Waals surface area contributed by atoms with E-state index in [-0.39, 0.29) is 6.04 Å². The lowest BCUT2D eigenvalue weighted by Crippen LogP contribution is -2.22. The Labute approximate surface area is 100 Å². The molecule has 0 aliphatic heterocycles. The van der Waals surface area contributed by atoms with E-state index in [9.17, 15) is 0 Å². The van der Waals surface area contributed by atoms with Gasteiger partial charge in [-0.05, 0) is 37.4 Å². The summed E-state index contributed by atoms with van der Waals surface area (Å²) in [5.74, 6) is 0. The van der Waals surface area contributed by atoms with Crippen LogP contribution in [0.15, 0.2) is 41.9 Å². The van der Waals surface area contributed by atoms with E-state index in [0.29, 0.717) is 6.04 Å². The van der Waals surface area contributed by atoms with Gasteiger partial charge >= 0.3 is 0 Å². The van der Waals surface area contributed by atoms with Crippen LogP contribution in [0.3, 0.4) is 0 Å². The van der Waals surface area contributed by atoms with E-state index in [0.717, 1.165) is 5.69 Å². The first kappa shape index (κ1) is 11.3. The molecule has 0 saturated carbocycles. The lowest BCUT2D eigenvalue weighted by molar-refractivity contribution is 0.491. The van der Waals surface area contributed by atoms with Gasteiger partial charge in [0.05, 0.1) is 5.69 Å². The first-order valence-electron chi connectivity index (χ1n) is 5.48. The quantitative estimate of drug-likeness (QED) is 0.872. The van der Waals surface area contributed by atoms with Crippen molar-refractivity contribution < 1.29 is 0 Å². The fourth-order valence-corrected chi connectivity index (χ4v) is 2.46. The molecule has 2 aromatic rings. The molecule has 0 aliphatic rings. The summed E-state index contributed by atoms with van der Waals surface area (Å²) in [7, 11) is 0. The SMILES string of the molecule is CC(NC(C)c1cccs1)c1ccccn1. The lowest BCUT2D eigenvalue weighted by Gasteiger charge is -2.18. The van der Waals surface area contributed by atoms with Crippen LogP contribution in [0, 0.1) is 0 Å². The van der Waals surface area contributed by atoms with Crippen LogP contribution < -0.4 is 5.32 Å². The molecule has 84 valence electrons. The van der Waals surface area contributed by atoms with E-state index >= 15 is 0 Å². The topological polar surface area (TPSA) is 24.9 Å². The summed E-state index contributed by atoms with van der Waals surface area (Å²) in [4.78, 5) is 5.72. The van der Waals surface area contributed by atoms with Crippen LogP contribution in [0.1, 0.15) is 36.5 Å². The summed E-state index contributed by atoms with van der Waals surface area (Å²) in [6.45, 7) is 4.33. The van der Waals surface area contributed by atoms with E-state index < -0.39 is 0 Å². The highest BCUT2D eigenvalue weighted by molar-refractivity contribution is 7.10. The Kier molecular flexibility index (Phi) is 3.70. The van der Waals surface area contributed by atoms with Crippen LogP contribution in [0.25, 0.3) is 0 Å². The van der Waals surface area contributed by atoms with Crippen molar-refractivity contribution in [2.45, 2.75) is 25.9 Å². The molecule has 0 saturated heterocycles. The second-order valence-electron chi connectivity index (χ2n) is 3.88. The third-order valence-electron chi connectivity index (χ3n) is 2.60. The van der Waals surface area contributed by atoms with Crippen LogP contribution >= 0.6 is 11.3 Å². The largest absolute Gasteiger partial charge is 0.301 e. The molecular weight excluding hydrogens is 216 g/mol. The summed E-state index contributed by atoms with van der Waals surface area (Å²) in [5.41, 5.74) is 1.09. The second-order valence-corrected chi connectivity index (χ2v) is 4.86. The Hall–Kier alpha value is -1.19. The van der Waals surface area contributed by atoms with Gasteiger partial charge in [-0.1, -0.05) is 12.1 Å². The van der Waals surface area contributed by atoms with Gasteiger partial charge in [-0.25, -0.2) is 0 Å². The van der Waals surface area contributed by atoms with E-state index in [1.54, 1.807) is 11.3 Å². The van der Waals surface area contributed by atoms with Crippen LogP contribution in [0.2, 0.25) is 0 Å². The number of nitrogens with zero attached hydrogens (tertiary/aromatic N) is 1. The zero-order valence-corrected chi connectivity index (χ0v) is 10.4. The van der Waals surface area contributed by atoms with Crippen molar-refractivity contribution in [3.8, 4) is 0 Å². The molecule has 2 heterocycles. The molecular formula is C13H16N2S. The molecule has 0 aromatic carbocycles. The van der Waals surface area contributed by atoms with Gasteiger partial charge in [0.2, 0.25) is 0 Å². The van der Waals surface area contributed by atoms with E-state index in [1.807, 2.05) is 18.3 Å². The lowest BCUT2D eigenvalue weighted by atomic mass is 10.1.